The van der Waals surface area contributed by atoms with Crippen molar-refractivity contribution in [2.24, 2.45) is 0 Å². The molecule has 140 valence electrons. The van der Waals surface area contributed by atoms with Crippen molar-refractivity contribution >= 4 is 29.4 Å². The van der Waals surface area contributed by atoms with Crippen molar-refractivity contribution in [3.8, 4) is 11.5 Å². The molecule has 0 radical (unpaired) electrons. The van der Waals surface area contributed by atoms with Crippen LogP contribution in [-0.2, 0) is 4.74 Å². The Kier molecular flexibility index (Phi) is 6.42. The SMILES string of the molecule is C[C@H]1C/C=C\C(=N)[C@@H](O)[C@@H](O)C/C=C/c2c(Cl)c(O)cc(O)c2C(=O)O1. The number of halogens is 1. The summed E-state index contributed by atoms with van der Waals surface area (Å²) in [5, 5.41) is 47.4. The van der Waals surface area contributed by atoms with Crippen molar-refractivity contribution in [1.82, 2.24) is 0 Å². The topological polar surface area (TPSA) is 131 Å². The zero-order valence-electron chi connectivity index (χ0n) is 14.0. The van der Waals surface area contributed by atoms with Gasteiger partial charge in [-0.1, -0.05) is 29.8 Å². The lowest BCUT2D eigenvalue weighted by Gasteiger charge is -2.18. The van der Waals surface area contributed by atoms with Gasteiger partial charge in [0.05, 0.1) is 16.8 Å². The smallest absolute Gasteiger partial charge is 0.342 e. The second-order valence-corrected chi connectivity index (χ2v) is 6.36. The Bertz CT molecular complexity index is 773. The number of ether oxygens (including phenoxy) is 1. The van der Waals surface area contributed by atoms with Gasteiger partial charge in [0, 0.05) is 18.1 Å². The summed E-state index contributed by atoms with van der Waals surface area (Å²) >= 11 is 6.05. The van der Waals surface area contributed by atoms with Gasteiger partial charge in [-0.05, 0) is 19.4 Å². The maximum absolute atomic E-state index is 12.4. The number of aliphatic hydroxyl groups is 2. The van der Waals surface area contributed by atoms with Crippen LogP contribution in [0, 0.1) is 5.41 Å². The Morgan fingerprint density at radius 3 is 2.50 bits per heavy atom. The number of phenolic OH excluding ortho intramolecular Hbond substituents is 2. The summed E-state index contributed by atoms with van der Waals surface area (Å²) in [6, 6.07) is 0.948. The van der Waals surface area contributed by atoms with Gasteiger partial charge < -0.3 is 30.6 Å². The standard InChI is InChI=1S/C18H20ClNO6/c1-9-4-2-6-11(20)17(24)12(21)7-3-5-10-15(18(25)26-9)13(22)8-14(23)16(10)19/h2-3,5-6,8-9,12,17,20-24H,4,7H2,1H3/b5-3+,6-2-,20-11?/t9-,12-,17+/m0/s1. The van der Waals surface area contributed by atoms with E-state index in [1.807, 2.05) is 0 Å². The van der Waals surface area contributed by atoms with Crippen molar-refractivity contribution < 1.29 is 30.0 Å². The first-order valence-corrected chi connectivity index (χ1v) is 8.33. The third kappa shape index (κ3) is 4.43. The molecule has 0 saturated carbocycles. The van der Waals surface area contributed by atoms with Gasteiger partial charge in [-0.15, -0.1) is 0 Å². The molecule has 0 aromatic heterocycles. The van der Waals surface area contributed by atoms with E-state index >= 15 is 0 Å². The van der Waals surface area contributed by atoms with E-state index in [1.165, 1.54) is 18.2 Å². The van der Waals surface area contributed by atoms with Crippen LogP contribution in [0.1, 0.15) is 35.7 Å². The zero-order valence-corrected chi connectivity index (χ0v) is 14.8. The minimum absolute atomic E-state index is 0.0331. The van der Waals surface area contributed by atoms with Crippen molar-refractivity contribution in [3.05, 3.63) is 40.4 Å². The molecule has 26 heavy (non-hydrogen) atoms. The van der Waals surface area contributed by atoms with Crippen molar-refractivity contribution in [2.75, 3.05) is 0 Å². The summed E-state index contributed by atoms with van der Waals surface area (Å²) in [6.45, 7) is 1.62. The van der Waals surface area contributed by atoms with E-state index in [1.54, 1.807) is 13.0 Å². The van der Waals surface area contributed by atoms with E-state index < -0.39 is 35.8 Å². The number of hydrogen-bond acceptors (Lipinski definition) is 7. The minimum atomic E-state index is -1.38. The van der Waals surface area contributed by atoms with Crippen LogP contribution in [0.3, 0.4) is 0 Å². The maximum Gasteiger partial charge on any atom is 0.342 e. The van der Waals surface area contributed by atoms with Gasteiger partial charge in [0.15, 0.2) is 0 Å². The molecule has 1 aliphatic rings. The van der Waals surface area contributed by atoms with Crippen molar-refractivity contribution in [3.63, 3.8) is 0 Å². The van der Waals surface area contributed by atoms with Crippen LogP contribution in [0.4, 0.5) is 0 Å². The number of esters is 1. The van der Waals surface area contributed by atoms with E-state index in [0.717, 1.165) is 6.07 Å². The molecule has 2 rings (SSSR count). The Morgan fingerprint density at radius 1 is 1.15 bits per heavy atom. The molecule has 1 aromatic rings. The number of fused-ring (bicyclic) bond motifs is 1. The fourth-order valence-electron chi connectivity index (χ4n) is 2.46. The fourth-order valence-corrected chi connectivity index (χ4v) is 2.67. The molecule has 1 aliphatic heterocycles. The van der Waals surface area contributed by atoms with Crippen LogP contribution in [0.25, 0.3) is 6.08 Å². The van der Waals surface area contributed by atoms with Crippen LogP contribution in [-0.4, -0.2) is 50.4 Å². The van der Waals surface area contributed by atoms with E-state index in [-0.39, 0.29) is 34.7 Å². The largest absolute Gasteiger partial charge is 0.507 e. The number of benzene rings is 1. The molecular weight excluding hydrogens is 362 g/mol. The zero-order chi connectivity index (χ0) is 19.4. The second kappa shape index (κ2) is 8.35. The van der Waals surface area contributed by atoms with Crippen LogP contribution < -0.4 is 0 Å². The lowest BCUT2D eigenvalue weighted by molar-refractivity contribution is 0.0344. The Hall–Kier alpha value is -2.35. The van der Waals surface area contributed by atoms with Crippen LogP contribution in [0.5, 0.6) is 11.5 Å². The predicted octanol–water partition coefficient (Wildman–Crippen LogP) is 2.40. The molecule has 0 saturated heterocycles. The minimum Gasteiger partial charge on any atom is -0.507 e. The van der Waals surface area contributed by atoms with Crippen LogP contribution in [0.2, 0.25) is 5.02 Å². The average Bonchev–Trinajstić information content (AvgIpc) is 2.57. The summed E-state index contributed by atoms with van der Waals surface area (Å²) in [4.78, 5) is 12.4. The van der Waals surface area contributed by atoms with E-state index in [9.17, 15) is 25.2 Å². The highest BCUT2D eigenvalue weighted by Crippen LogP contribution is 2.37. The average molecular weight is 382 g/mol. The molecule has 1 aromatic carbocycles. The Morgan fingerprint density at radius 2 is 1.81 bits per heavy atom. The van der Waals surface area contributed by atoms with E-state index in [0.29, 0.717) is 0 Å². The third-order valence-corrected chi connectivity index (χ3v) is 4.28. The highest BCUT2D eigenvalue weighted by atomic mass is 35.5. The first kappa shape index (κ1) is 20.0. The number of hydrogen-bond donors (Lipinski definition) is 5. The number of phenols is 2. The van der Waals surface area contributed by atoms with Gasteiger partial charge >= 0.3 is 5.97 Å². The summed E-state index contributed by atoms with van der Waals surface area (Å²) in [6.07, 6.45) is 2.63. The number of aliphatic hydroxyl groups excluding tert-OH is 2. The molecule has 0 unspecified atom stereocenters. The maximum atomic E-state index is 12.4. The second-order valence-electron chi connectivity index (χ2n) is 5.98. The monoisotopic (exact) mass is 381 g/mol. The molecule has 0 amide bonds. The molecule has 0 bridgehead atoms. The van der Waals surface area contributed by atoms with Gasteiger partial charge in [0.25, 0.3) is 0 Å². The highest BCUT2D eigenvalue weighted by Gasteiger charge is 2.24. The predicted molar refractivity (Wildman–Crippen MR) is 96.8 cm³/mol. The number of rotatable bonds is 0. The molecule has 5 N–H and O–H groups in total. The lowest BCUT2D eigenvalue weighted by atomic mass is 10.0. The van der Waals surface area contributed by atoms with Crippen LogP contribution in [0.15, 0.2) is 24.3 Å². The first-order chi connectivity index (χ1) is 12.2. The molecule has 0 aliphatic carbocycles. The Balaban J connectivity index is 2.51. The quantitative estimate of drug-likeness (QED) is 0.438. The molecule has 7 nitrogen and oxygen atoms in total. The molecule has 8 heteroatoms. The van der Waals surface area contributed by atoms with Gasteiger partial charge in [0.2, 0.25) is 0 Å². The molecule has 1 heterocycles. The Labute approximate surface area is 155 Å². The molecule has 3 atom stereocenters. The third-order valence-electron chi connectivity index (χ3n) is 3.88. The van der Waals surface area contributed by atoms with Crippen molar-refractivity contribution in [2.45, 2.75) is 38.1 Å². The van der Waals surface area contributed by atoms with Crippen molar-refractivity contribution in [1.29, 1.82) is 5.41 Å². The number of carbonyl (C=O) groups is 1. The lowest BCUT2D eigenvalue weighted by Crippen LogP contribution is -2.32. The summed E-state index contributed by atoms with van der Waals surface area (Å²) < 4.78 is 5.27. The van der Waals surface area contributed by atoms with E-state index in [4.69, 9.17) is 21.7 Å². The van der Waals surface area contributed by atoms with Gasteiger partial charge in [-0.25, -0.2) is 4.79 Å². The van der Waals surface area contributed by atoms with Gasteiger partial charge in [-0.3, -0.25) is 0 Å². The summed E-state index contributed by atoms with van der Waals surface area (Å²) in [5.41, 5.74) is -0.347. The summed E-state index contributed by atoms with van der Waals surface area (Å²) in [7, 11) is 0. The summed E-state index contributed by atoms with van der Waals surface area (Å²) in [5.74, 6) is -1.73. The van der Waals surface area contributed by atoms with E-state index in [2.05, 4.69) is 0 Å². The van der Waals surface area contributed by atoms with Gasteiger partial charge in [0.1, 0.15) is 29.3 Å². The molecule has 0 spiro atoms. The number of aromatic hydroxyl groups is 2. The molecular formula is C18H20ClNO6. The normalized spacial score (nSPS) is 27.2. The number of nitrogens with one attached hydrogen (secondary N) is 1. The van der Waals surface area contributed by atoms with Gasteiger partial charge in [-0.2, -0.15) is 0 Å². The van der Waals surface area contributed by atoms with Crippen LogP contribution >= 0.6 is 11.6 Å². The number of cyclic esters (lactones) is 1. The fraction of sp³-hybridized carbons (Fsp3) is 0.333. The highest BCUT2D eigenvalue weighted by molar-refractivity contribution is 6.34. The molecule has 0 fully saturated rings. The number of carbonyl (C=O) groups excluding carboxylic acids is 1. The first-order valence-electron chi connectivity index (χ1n) is 7.95.